The second-order valence-electron chi connectivity index (χ2n) is 4.54. The van der Waals surface area contributed by atoms with Crippen molar-refractivity contribution in [3.05, 3.63) is 40.8 Å². The summed E-state index contributed by atoms with van der Waals surface area (Å²) >= 11 is 0. The molecule has 7 heteroatoms. The standard InChI is InChI=1S/C13H12N4O3/c1-7-10(8(2)20-16-7)6-17-14-11-4-3-9(13(18)19)5-12(11)15-17/h3-5H,6H2,1-2H3,(H,18,19). The Hall–Kier alpha value is -2.70. The molecule has 0 saturated heterocycles. The van der Waals surface area contributed by atoms with Crippen molar-refractivity contribution in [1.29, 1.82) is 0 Å². The first-order valence-corrected chi connectivity index (χ1v) is 6.04. The van der Waals surface area contributed by atoms with E-state index in [1.54, 1.807) is 6.07 Å². The lowest BCUT2D eigenvalue weighted by atomic mass is 10.2. The SMILES string of the molecule is Cc1noc(C)c1Cn1nc2ccc(C(=O)O)cc2n1. The van der Waals surface area contributed by atoms with Gasteiger partial charge < -0.3 is 9.63 Å². The molecule has 0 radical (unpaired) electrons. The summed E-state index contributed by atoms with van der Waals surface area (Å²) < 4.78 is 5.10. The van der Waals surface area contributed by atoms with Crippen molar-refractivity contribution in [3.63, 3.8) is 0 Å². The third-order valence-corrected chi connectivity index (χ3v) is 3.15. The van der Waals surface area contributed by atoms with E-state index in [9.17, 15) is 4.79 Å². The van der Waals surface area contributed by atoms with Crippen LogP contribution >= 0.6 is 0 Å². The second kappa shape index (κ2) is 4.44. The van der Waals surface area contributed by atoms with Crippen LogP contribution in [0.1, 0.15) is 27.4 Å². The third kappa shape index (κ3) is 2.03. The Morgan fingerprint density at radius 1 is 1.30 bits per heavy atom. The molecule has 0 aliphatic heterocycles. The van der Waals surface area contributed by atoms with Crippen LogP contribution in [-0.2, 0) is 6.54 Å². The molecule has 102 valence electrons. The number of aryl methyl sites for hydroxylation is 2. The molecule has 7 nitrogen and oxygen atoms in total. The maximum absolute atomic E-state index is 10.9. The lowest BCUT2D eigenvalue weighted by Crippen LogP contribution is -2.05. The van der Waals surface area contributed by atoms with Crippen molar-refractivity contribution in [3.8, 4) is 0 Å². The van der Waals surface area contributed by atoms with Gasteiger partial charge in [-0.05, 0) is 32.0 Å². The highest BCUT2D eigenvalue weighted by atomic mass is 16.5. The van der Waals surface area contributed by atoms with Crippen molar-refractivity contribution in [2.24, 2.45) is 0 Å². The van der Waals surface area contributed by atoms with E-state index in [4.69, 9.17) is 9.63 Å². The average molecular weight is 272 g/mol. The van der Waals surface area contributed by atoms with Crippen molar-refractivity contribution in [1.82, 2.24) is 20.2 Å². The van der Waals surface area contributed by atoms with E-state index in [1.807, 2.05) is 13.8 Å². The summed E-state index contributed by atoms with van der Waals surface area (Å²) in [7, 11) is 0. The number of aromatic carboxylic acids is 1. The smallest absolute Gasteiger partial charge is 0.335 e. The fourth-order valence-electron chi connectivity index (χ4n) is 2.03. The number of nitrogens with zero attached hydrogens (tertiary/aromatic N) is 4. The number of aromatic nitrogens is 4. The zero-order valence-electron chi connectivity index (χ0n) is 11.0. The lowest BCUT2D eigenvalue weighted by Gasteiger charge is -1.97. The number of rotatable bonds is 3. The number of fused-ring (bicyclic) bond motifs is 1. The van der Waals surface area contributed by atoms with Gasteiger partial charge in [-0.3, -0.25) is 0 Å². The van der Waals surface area contributed by atoms with E-state index in [2.05, 4.69) is 15.4 Å². The first-order valence-electron chi connectivity index (χ1n) is 6.04. The molecule has 0 atom stereocenters. The molecule has 1 N–H and O–H groups in total. The first-order chi connectivity index (χ1) is 9.54. The van der Waals surface area contributed by atoms with Gasteiger partial charge >= 0.3 is 5.97 Å². The molecule has 1 aromatic carbocycles. The van der Waals surface area contributed by atoms with Crippen molar-refractivity contribution in [2.75, 3.05) is 0 Å². The van der Waals surface area contributed by atoms with Gasteiger partial charge in [-0.1, -0.05) is 5.16 Å². The zero-order valence-corrected chi connectivity index (χ0v) is 11.0. The summed E-state index contributed by atoms with van der Waals surface area (Å²) in [5.41, 5.74) is 3.14. The fourth-order valence-corrected chi connectivity index (χ4v) is 2.03. The van der Waals surface area contributed by atoms with Crippen LogP contribution in [0.15, 0.2) is 22.7 Å². The zero-order chi connectivity index (χ0) is 14.3. The minimum Gasteiger partial charge on any atom is -0.478 e. The summed E-state index contributed by atoms with van der Waals surface area (Å²) in [6, 6.07) is 4.67. The topological polar surface area (TPSA) is 94.0 Å². The van der Waals surface area contributed by atoms with Gasteiger partial charge in [-0.15, -0.1) is 0 Å². The Labute approximate surface area is 113 Å². The fraction of sp³-hybridized carbons (Fsp3) is 0.231. The minimum absolute atomic E-state index is 0.196. The van der Waals surface area contributed by atoms with E-state index >= 15 is 0 Å². The third-order valence-electron chi connectivity index (χ3n) is 3.15. The molecule has 20 heavy (non-hydrogen) atoms. The molecule has 2 heterocycles. The van der Waals surface area contributed by atoms with E-state index in [0.717, 1.165) is 17.0 Å². The van der Waals surface area contributed by atoms with Crippen LogP contribution in [0.2, 0.25) is 0 Å². The largest absolute Gasteiger partial charge is 0.478 e. The summed E-state index contributed by atoms with van der Waals surface area (Å²) in [5, 5.41) is 21.4. The number of carboxylic acid groups (broad SMARTS) is 1. The molecule has 3 aromatic rings. The Bertz CT molecular complexity index is 784. The van der Waals surface area contributed by atoms with Crippen LogP contribution in [0.25, 0.3) is 11.0 Å². The number of carboxylic acids is 1. The van der Waals surface area contributed by atoms with Crippen molar-refractivity contribution < 1.29 is 14.4 Å². The monoisotopic (exact) mass is 272 g/mol. The van der Waals surface area contributed by atoms with Gasteiger partial charge in [-0.25, -0.2) is 4.79 Å². The molecule has 0 unspecified atom stereocenters. The molecular weight excluding hydrogens is 260 g/mol. The van der Waals surface area contributed by atoms with Gasteiger partial charge in [0, 0.05) is 5.56 Å². The van der Waals surface area contributed by atoms with Crippen LogP contribution < -0.4 is 0 Å². The van der Waals surface area contributed by atoms with Gasteiger partial charge in [0.1, 0.15) is 16.8 Å². The molecule has 0 saturated carbocycles. The highest BCUT2D eigenvalue weighted by Crippen LogP contribution is 2.16. The van der Waals surface area contributed by atoms with Crippen LogP contribution in [-0.4, -0.2) is 31.2 Å². The molecule has 0 amide bonds. The van der Waals surface area contributed by atoms with Gasteiger partial charge in [0.05, 0.1) is 17.8 Å². The van der Waals surface area contributed by atoms with Crippen LogP contribution in [0.4, 0.5) is 0 Å². The van der Waals surface area contributed by atoms with E-state index in [0.29, 0.717) is 17.6 Å². The highest BCUT2D eigenvalue weighted by molar-refractivity contribution is 5.91. The summed E-state index contributed by atoms with van der Waals surface area (Å²) in [4.78, 5) is 12.4. The van der Waals surface area contributed by atoms with Crippen LogP contribution in [0, 0.1) is 13.8 Å². The van der Waals surface area contributed by atoms with Crippen molar-refractivity contribution >= 4 is 17.0 Å². The number of hydrogen-bond acceptors (Lipinski definition) is 5. The quantitative estimate of drug-likeness (QED) is 0.781. The van der Waals surface area contributed by atoms with Crippen molar-refractivity contribution in [2.45, 2.75) is 20.4 Å². The van der Waals surface area contributed by atoms with E-state index < -0.39 is 5.97 Å². The molecule has 2 aromatic heterocycles. The normalized spacial score (nSPS) is 11.1. The maximum atomic E-state index is 10.9. The van der Waals surface area contributed by atoms with Crippen LogP contribution in [0.5, 0.6) is 0 Å². The Kier molecular flexibility index (Phi) is 2.74. The summed E-state index contributed by atoms with van der Waals surface area (Å²) in [6.45, 7) is 4.14. The minimum atomic E-state index is -0.979. The highest BCUT2D eigenvalue weighted by Gasteiger charge is 2.12. The molecule has 0 aliphatic rings. The summed E-state index contributed by atoms with van der Waals surface area (Å²) in [6.07, 6.45) is 0. The molecule has 0 aliphatic carbocycles. The van der Waals surface area contributed by atoms with Gasteiger partial charge in [-0.2, -0.15) is 15.0 Å². The number of carbonyl (C=O) groups is 1. The maximum Gasteiger partial charge on any atom is 0.335 e. The van der Waals surface area contributed by atoms with Crippen LogP contribution in [0.3, 0.4) is 0 Å². The average Bonchev–Trinajstić information content (AvgIpc) is 2.95. The molecule has 0 spiro atoms. The molecule has 0 bridgehead atoms. The Morgan fingerprint density at radius 2 is 2.05 bits per heavy atom. The predicted molar refractivity (Wildman–Crippen MR) is 69.6 cm³/mol. The summed E-state index contributed by atoms with van der Waals surface area (Å²) in [5.74, 6) is -0.248. The first kappa shape index (κ1) is 12.3. The predicted octanol–water partition coefficient (Wildman–Crippen LogP) is 1.78. The van der Waals surface area contributed by atoms with Gasteiger partial charge in [0.15, 0.2) is 0 Å². The van der Waals surface area contributed by atoms with E-state index in [-0.39, 0.29) is 5.56 Å². The molecular formula is C13H12N4O3. The molecule has 0 fully saturated rings. The number of hydrogen-bond donors (Lipinski definition) is 1. The second-order valence-corrected chi connectivity index (χ2v) is 4.54. The van der Waals surface area contributed by atoms with Gasteiger partial charge in [0.2, 0.25) is 0 Å². The Morgan fingerprint density at radius 3 is 2.70 bits per heavy atom. The van der Waals surface area contributed by atoms with Gasteiger partial charge in [0.25, 0.3) is 0 Å². The molecule has 3 rings (SSSR count). The Balaban J connectivity index is 1.99. The lowest BCUT2D eigenvalue weighted by molar-refractivity contribution is 0.0697. The van der Waals surface area contributed by atoms with E-state index in [1.165, 1.54) is 16.9 Å². The number of benzene rings is 1.